The first-order chi connectivity index (χ1) is 18.8. The molecule has 39 heavy (non-hydrogen) atoms. The Bertz CT molecular complexity index is 1030. The van der Waals surface area contributed by atoms with E-state index in [2.05, 4.69) is 30.6 Å². The van der Waals surface area contributed by atoms with Crippen molar-refractivity contribution in [3.05, 3.63) is 23.5 Å². The summed E-state index contributed by atoms with van der Waals surface area (Å²) in [5.41, 5.74) is 1.33. The number of nitrogens with one attached hydrogen (secondary N) is 2. The normalized spacial score (nSPS) is 14.7. The topological polar surface area (TPSA) is 147 Å². The predicted octanol–water partition coefficient (Wildman–Crippen LogP) is 6.16. The molecule has 0 unspecified atom stereocenters. The maximum absolute atomic E-state index is 10.9. The molecule has 2 saturated carbocycles. The third-order valence-corrected chi connectivity index (χ3v) is 6.82. The van der Waals surface area contributed by atoms with Crippen molar-refractivity contribution in [3.63, 3.8) is 0 Å². The molecule has 2 fully saturated rings. The summed E-state index contributed by atoms with van der Waals surface area (Å²) < 4.78 is 16.1. The van der Waals surface area contributed by atoms with E-state index in [1.165, 1.54) is 62.0 Å². The fraction of sp³-hybridized carbons (Fsp3) is 0.609. The Kier molecular flexibility index (Phi) is 20.2. The SMILES string of the molecule is CSc1ncc(C=O)c(NC2CCCC2)n1.CSc1ncc(CO)c(NC2CCCC2)n1.ClC(Cl)Cl.[O]=[Mn]=[O]. The third-order valence-electron chi connectivity index (χ3n) is 5.69. The van der Waals surface area contributed by atoms with Crippen LogP contribution < -0.4 is 10.6 Å². The Balaban J connectivity index is 0.000000316. The Morgan fingerprint density at radius 2 is 1.33 bits per heavy atom. The number of anilines is 2. The van der Waals surface area contributed by atoms with Gasteiger partial charge in [-0.15, -0.1) is 0 Å². The molecule has 219 valence electrons. The number of hydrogen-bond donors (Lipinski definition) is 3. The van der Waals surface area contributed by atoms with Crippen LogP contribution in [0, 0.1) is 0 Å². The van der Waals surface area contributed by atoms with Crippen molar-refractivity contribution in [1.29, 1.82) is 0 Å². The van der Waals surface area contributed by atoms with Crippen molar-refractivity contribution < 1.29 is 32.4 Å². The van der Waals surface area contributed by atoms with Gasteiger partial charge in [-0.05, 0) is 38.2 Å². The molecular weight excluding hydrogens is 650 g/mol. The van der Waals surface area contributed by atoms with Crippen molar-refractivity contribution in [2.75, 3.05) is 23.1 Å². The van der Waals surface area contributed by atoms with Gasteiger partial charge in [0.25, 0.3) is 0 Å². The van der Waals surface area contributed by atoms with Gasteiger partial charge in [-0.3, -0.25) is 4.79 Å². The molecule has 2 aliphatic carbocycles. The van der Waals surface area contributed by atoms with E-state index in [9.17, 15) is 9.90 Å². The molecule has 0 radical (unpaired) electrons. The number of nitrogens with zero attached hydrogens (tertiary/aromatic N) is 4. The summed E-state index contributed by atoms with van der Waals surface area (Å²) in [5, 5.41) is 17.4. The van der Waals surface area contributed by atoms with Gasteiger partial charge in [-0.1, -0.05) is 84.0 Å². The second-order valence-electron chi connectivity index (χ2n) is 8.23. The summed E-state index contributed by atoms with van der Waals surface area (Å²) in [6, 6.07) is 0.971. The molecule has 0 saturated heterocycles. The van der Waals surface area contributed by atoms with Crippen molar-refractivity contribution in [2.24, 2.45) is 0 Å². The van der Waals surface area contributed by atoms with E-state index in [0.717, 1.165) is 35.7 Å². The van der Waals surface area contributed by atoms with E-state index in [-0.39, 0.29) is 6.61 Å². The number of carbonyl (C=O) groups excluding carboxylic acids is 1. The fourth-order valence-corrected chi connectivity index (χ4v) is 4.61. The van der Waals surface area contributed by atoms with Gasteiger partial charge in [0.05, 0.1) is 12.2 Å². The molecule has 3 N–H and O–H groups in total. The van der Waals surface area contributed by atoms with Crippen molar-refractivity contribution in [3.8, 4) is 0 Å². The van der Waals surface area contributed by atoms with Crippen LogP contribution in [-0.2, 0) is 29.1 Å². The van der Waals surface area contributed by atoms with Crippen LogP contribution in [0.25, 0.3) is 0 Å². The number of aldehydes is 1. The summed E-state index contributed by atoms with van der Waals surface area (Å²) in [7, 11) is 0. The second-order valence-corrected chi connectivity index (χ2v) is 12.0. The number of aliphatic hydroxyl groups is 1. The van der Waals surface area contributed by atoms with Gasteiger partial charge in [0.15, 0.2) is 20.9 Å². The third kappa shape index (κ3) is 15.0. The molecule has 0 aliphatic heterocycles. The van der Waals surface area contributed by atoms with Crippen LogP contribution in [0.15, 0.2) is 22.7 Å². The van der Waals surface area contributed by atoms with Crippen LogP contribution in [0.1, 0.15) is 67.3 Å². The Labute approximate surface area is 258 Å². The van der Waals surface area contributed by atoms with Gasteiger partial charge in [0.1, 0.15) is 11.6 Å². The van der Waals surface area contributed by atoms with Crippen LogP contribution in [0.3, 0.4) is 0 Å². The number of alkyl halides is 3. The molecule has 0 amide bonds. The van der Waals surface area contributed by atoms with Crippen molar-refractivity contribution in [2.45, 2.75) is 84.7 Å². The molecule has 2 aromatic heterocycles. The zero-order valence-electron chi connectivity index (χ0n) is 21.6. The zero-order valence-corrected chi connectivity index (χ0v) is 26.7. The number of aliphatic hydroxyl groups excluding tert-OH is 1. The van der Waals surface area contributed by atoms with Crippen LogP contribution in [0.5, 0.6) is 0 Å². The van der Waals surface area contributed by atoms with Gasteiger partial charge >= 0.3 is 22.5 Å². The molecule has 2 aromatic rings. The quantitative estimate of drug-likeness (QED) is 0.0964. The molecule has 2 heterocycles. The molecule has 10 nitrogen and oxygen atoms in total. The molecule has 2 aliphatic rings. The van der Waals surface area contributed by atoms with E-state index in [0.29, 0.717) is 28.6 Å². The van der Waals surface area contributed by atoms with Gasteiger partial charge in [-0.2, -0.15) is 0 Å². The zero-order chi connectivity index (χ0) is 29.0. The Morgan fingerprint density at radius 3 is 1.74 bits per heavy atom. The van der Waals surface area contributed by atoms with Gasteiger partial charge in [0.2, 0.25) is 0 Å². The van der Waals surface area contributed by atoms with Gasteiger partial charge < -0.3 is 15.7 Å². The Morgan fingerprint density at radius 1 is 0.923 bits per heavy atom. The Hall–Kier alpha value is -0.921. The average molecular weight is 683 g/mol. The number of hydrogen-bond acceptors (Lipinski definition) is 12. The molecule has 16 heteroatoms. The monoisotopic (exact) mass is 681 g/mol. The summed E-state index contributed by atoms with van der Waals surface area (Å²) >= 11 is 16.0. The first-order valence-corrected chi connectivity index (χ1v) is 16.8. The second kappa shape index (κ2) is 21.8. The van der Waals surface area contributed by atoms with Crippen molar-refractivity contribution in [1.82, 2.24) is 19.9 Å². The summed E-state index contributed by atoms with van der Waals surface area (Å²) in [6.07, 6.45) is 17.8. The fourth-order valence-electron chi connectivity index (χ4n) is 3.93. The van der Waals surface area contributed by atoms with Gasteiger partial charge in [0, 0.05) is 30.0 Å². The molecule has 0 atom stereocenters. The van der Waals surface area contributed by atoms with E-state index in [1.54, 1.807) is 12.4 Å². The van der Waals surface area contributed by atoms with E-state index in [4.69, 9.17) is 42.5 Å². The predicted molar refractivity (Wildman–Crippen MR) is 153 cm³/mol. The molecular formula is C23H33Cl3MnN6O4S2. The van der Waals surface area contributed by atoms with Crippen LogP contribution in [0.2, 0.25) is 0 Å². The standard InChI is InChI=1S/C11H17N3OS.C11H15N3OS.CHCl3.Mn.2O/c2*1-16-11-12-6-8(7-15)10(14-11)13-9-4-2-3-5-9;2-1(3)4;;;/h6,9,15H,2-5,7H2,1H3,(H,12,13,14);6-7,9H,2-5H2,1H3,(H,12,13,14);1H;;;. The summed E-state index contributed by atoms with van der Waals surface area (Å²) in [4.78, 5) is 27.9. The minimum absolute atomic E-state index is 0.0102. The number of rotatable bonds is 8. The van der Waals surface area contributed by atoms with Gasteiger partial charge in [-0.25, -0.2) is 19.9 Å². The number of carbonyl (C=O) groups is 1. The maximum atomic E-state index is 10.9. The van der Waals surface area contributed by atoms with Crippen molar-refractivity contribution >= 4 is 76.2 Å². The van der Waals surface area contributed by atoms with Crippen LogP contribution >= 0.6 is 58.3 Å². The average Bonchev–Trinajstić information content (AvgIpc) is 3.64. The number of thioether (sulfide) groups is 2. The van der Waals surface area contributed by atoms with E-state index < -0.39 is 19.1 Å². The molecule has 0 bridgehead atoms. The summed E-state index contributed by atoms with van der Waals surface area (Å²) in [6.45, 7) is -0.0102. The van der Waals surface area contributed by atoms with E-state index in [1.807, 2.05) is 12.5 Å². The summed E-state index contributed by atoms with van der Waals surface area (Å²) in [5.74, 6) is 1.48. The van der Waals surface area contributed by atoms with Crippen LogP contribution in [-0.4, -0.2) is 60.2 Å². The minimum atomic E-state index is -1.44. The molecule has 0 spiro atoms. The number of halogens is 3. The first-order valence-electron chi connectivity index (χ1n) is 12.0. The number of aromatic nitrogens is 4. The van der Waals surface area contributed by atoms with E-state index >= 15 is 0 Å². The first kappa shape index (κ1) is 36.1. The van der Waals surface area contributed by atoms with Crippen LogP contribution in [0.4, 0.5) is 11.6 Å². The molecule has 4 rings (SSSR count). The molecule has 0 aromatic carbocycles.